The molecule has 5 rings (SSSR count). The molecule has 188 valence electrons. The molecule has 1 saturated heterocycles. The predicted molar refractivity (Wildman–Crippen MR) is 120 cm³/mol. The summed E-state index contributed by atoms with van der Waals surface area (Å²) in [5.74, 6) is -2.69. The van der Waals surface area contributed by atoms with E-state index in [2.05, 4.69) is 10.1 Å². The summed E-state index contributed by atoms with van der Waals surface area (Å²) in [6, 6.07) is 7.66. The number of carbonyl (C=O) groups excluding carboxylic acids is 3. The average Bonchev–Trinajstić information content (AvgIpc) is 3.31. The first-order chi connectivity index (χ1) is 17.0. The fraction of sp³-hybridized carbons (Fsp3) is 0.292. The number of halogens is 4. The number of likely N-dealkylation sites (tertiary alicyclic amines) is 1. The van der Waals surface area contributed by atoms with Gasteiger partial charge >= 0.3 is 18.4 Å². The minimum absolute atomic E-state index is 0.112. The van der Waals surface area contributed by atoms with Gasteiger partial charge in [-0.15, -0.1) is 13.2 Å². The van der Waals surface area contributed by atoms with Crippen LogP contribution in [0.1, 0.15) is 18.4 Å². The van der Waals surface area contributed by atoms with Crippen LogP contribution < -0.4 is 15.8 Å². The number of piperidine rings is 1. The number of Topliss-reactive ketones (excluding diaryl/α,β-unsaturated/α-hetero) is 1. The normalized spacial score (nSPS) is 20.8. The predicted octanol–water partition coefficient (Wildman–Crippen LogP) is 4.41. The van der Waals surface area contributed by atoms with Crippen LogP contribution in [-0.2, 0) is 11.2 Å². The van der Waals surface area contributed by atoms with E-state index in [-0.39, 0.29) is 17.5 Å². The zero-order valence-corrected chi connectivity index (χ0v) is 18.6. The molecule has 36 heavy (non-hydrogen) atoms. The zero-order chi connectivity index (χ0) is 25.8. The lowest BCUT2D eigenvalue weighted by atomic mass is 10.00. The third-order valence-corrected chi connectivity index (χ3v) is 6.54. The quantitative estimate of drug-likeness (QED) is 0.502. The Morgan fingerprint density at radius 3 is 2.56 bits per heavy atom. The second kappa shape index (κ2) is 8.54. The topological polar surface area (TPSA) is 107 Å². The van der Waals surface area contributed by atoms with Crippen LogP contribution in [0.2, 0.25) is 0 Å². The summed E-state index contributed by atoms with van der Waals surface area (Å²) in [4.78, 5) is 39.5. The van der Waals surface area contributed by atoms with Crippen molar-refractivity contribution in [3.63, 3.8) is 0 Å². The minimum atomic E-state index is -5.08. The molecule has 0 radical (unpaired) electrons. The highest BCUT2D eigenvalue weighted by atomic mass is 19.4. The molecule has 2 heterocycles. The van der Waals surface area contributed by atoms with E-state index >= 15 is 0 Å². The van der Waals surface area contributed by atoms with Crippen molar-refractivity contribution >= 4 is 34.4 Å². The van der Waals surface area contributed by atoms with E-state index in [4.69, 9.17) is 5.73 Å². The number of ether oxygens (including phenoxy) is 1. The Hall–Kier alpha value is -4.09. The van der Waals surface area contributed by atoms with Crippen LogP contribution >= 0.6 is 0 Å². The van der Waals surface area contributed by atoms with Crippen LogP contribution in [-0.4, -0.2) is 45.8 Å². The molecule has 0 bridgehead atoms. The van der Waals surface area contributed by atoms with Crippen LogP contribution in [0.3, 0.4) is 0 Å². The summed E-state index contributed by atoms with van der Waals surface area (Å²) < 4.78 is 57.1. The number of fused-ring (bicyclic) bond motifs is 2. The molecule has 2 aliphatic rings. The van der Waals surface area contributed by atoms with Gasteiger partial charge in [0.15, 0.2) is 17.3 Å². The van der Waals surface area contributed by atoms with Crippen molar-refractivity contribution in [3.8, 4) is 5.75 Å². The maximum Gasteiger partial charge on any atom is 0.573 e. The molecule has 1 aromatic heterocycles. The number of hydrogen-bond donors (Lipinski definition) is 2. The maximum absolute atomic E-state index is 14.6. The summed E-state index contributed by atoms with van der Waals surface area (Å²) in [5.41, 5.74) is 5.99. The molecule has 2 fully saturated rings. The number of carbonyl (C=O) groups is 3. The van der Waals surface area contributed by atoms with E-state index < -0.39 is 48.2 Å². The molecular formula is C24H20F4N4O4. The first-order valence-electron chi connectivity index (χ1n) is 11.1. The lowest BCUT2D eigenvalue weighted by molar-refractivity contribution is -0.275. The molecule has 3 amide bonds. The van der Waals surface area contributed by atoms with E-state index in [1.54, 1.807) is 24.3 Å². The summed E-state index contributed by atoms with van der Waals surface area (Å²) in [6.45, 7) is 0. The van der Waals surface area contributed by atoms with Crippen molar-refractivity contribution in [2.24, 2.45) is 11.7 Å². The van der Waals surface area contributed by atoms with Gasteiger partial charge in [0.2, 0.25) is 0 Å². The summed E-state index contributed by atoms with van der Waals surface area (Å²) in [6.07, 6.45) is -3.11. The summed E-state index contributed by atoms with van der Waals surface area (Å²) >= 11 is 0. The second-order valence-electron chi connectivity index (χ2n) is 8.84. The van der Waals surface area contributed by atoms with Gasteiger partial charge < -0.3 is 20.7 Å². The molecule has 12 heteroatoms. The Labute approximate surface area is 201 Å². The fourth-order valence-corrected chi connectivity index (χ4v) is 4.88. The monoisotopic (exact) mass is 504 g/mol. The highest BCUT2D eigenvalue weighted by Crippen LogP contribution is 2.48. The zero-order valence-electron chi connectivity index (χ0n) is 18.6. The number of urea groups is 1. The van der Waals surface area contributed by atoms with Gasteiger partial charge in [-0.05, 0) is 36.5 Å². The number of hydrogen-bond acceptors (Lipinski definition) is 4. The first kappa shape index (κ1) is 23.6. The SMILES string of the molecule is NC(=O)n1cc(NC(=O)N2C3CC3C[C@H]2C(=O)Cc2cccc(OC(F)(F)F)c2F)c2ccccc21. The van der Waals surface area contributed by atoms with Crippen LogP contribution in [0.15, 0.2) is 48.7 Å². The van der Waals surface area contributed by atoms with E-state index in [0.29, 0.717) is 29.4 Å². The lowest BCUT2D eigenvalue weighted by Crippen LogP contribution is -2.45. The summed E-state index contributed by atoms with van der Waals surface area (Å²) in [7, 11) is 0. The van der Waals surface area contributed by atoms with E-state index in [1.165, 1.54) is 21.7 Å². The highest BCUT2D eigenvalue weighted by Gasteiger charge is 2.56. The van der Waals surface area contributed by atoms with Crippen molar-refractivity contribution in [2.45, 2.75) is 37.7 Å². The smallest absolute Gasteiger partial charge is 0.403 e. The number of ketones is 1. The molecule has 1 aliphatic heterocycles. The van der Waals surface area contributed by atoms with Crippen molar-refractivity contribution in [2.75, 3.05) is 5.32 Å². The number of rotatable bonds is 5. The van der Waals surface area contributed by atoms with E-state index in [0.717, 1.165) is 12.1 Å². The van der Waals surface area contributed by atoms with Crippen molar-refractivity contribution in [1.82, 2.24) is 9.47 Å². The standard InChI is InChI=1S/C24H20F4N4O4/c25-21-12(4-3-7-20(21)36-24(26,27)28)10-19(33)18-9-13-8-17(13)32(18)23(35)30-15-11-31(22(29)34)16-6-2-1-5-14(15)16/h1-7,11,13,17-18H,8-10H2,(H2,29,34)(H,30,35)/t13?,17?,18-/m0/s1. The Kier molecular flexibility index (Phi) is 5.61. The van der Waals surface area contributed by atoms with Gasteiger partial charge in [0, 0.05) is 24.0 Å². The molecule has 3 aromatic rings. The highest BCUT2D eigenvalue weighted by molar-refractivity contribution is 6.05. The third-order valence-electron chi connectivity index (χ3n) is 6.54. The van der Waals surface area contributed by atoms with Gasteiger partial charge in [-0.2, -0.15) is 0 Å². The molecule has 2 unspecified atom stereocenters. The Morgan fingerprint density at radius 2 is 1.83 bits per heavy atom. The van der Waals surface area contributed by atoms with Crippen LogP contribution in [0.5, 0.6) is 5.75 Å². The Morgan fingerprint density at radius 1 is 1.08 bits per heavy atom. The van der Waals surface area contributed by atoms with Gasteiger partial charge in [-0.3, -0.25) is 9.36 Å². The van der Waals surface area contributed by atoms with E-state index in [1.807, 2.05) is 0 Å². The number of nitrogens with two attached hydrogens (primary N) is 1. The maximum atomic E-state index is 14.6. The van der Waals surface area contributed by atoms with Gasteiger partial charge in [0.1, 0.15) is 0 Å². The number of para-hydroxylation sites is 1. The van der Waals surface area contributed by atoms with Crippen molar-refractivity contribution in [3.05, 3.63) is 60.0 Å². The average molecular weight is 504 g/mol. The number of alkyl halides is 3. The number of nitrogens with zero attached hydrogens (tertiary/aromatic N) is 2. The van der Waals surface area contributed by atoms with E-state index in [9.17, 15) is 31.9 Å². The molecule has 3 N–H and O–H groups in total. The van der Waals surface area contributed by atoms with Crippen molar-refractivity contribution < 1.29 is 36.7 Å². The fourth-order valence-electron chi connectivity index (χ4n) is 4.88. The van der Waals surface area contributed by atoms with Gasteiger partial charge in [0.05, 0.1) is 17.2 Å². The number of primary amides is 1. The summed E-state index contributed by atoms with van der Waals surface area (Å²) in [5, 5.41) is 3.31. The molecule has 0 spiro atoms. The molecule has 2 aromatic carbocycles. The van der Waals surface area contributed by atoms with Crippen molar-refractivity contribution in [1.29, 1.82) is 0 Å². The minimum Gasteiger partial charge on any atom is -0.403 e. The molecule has 8 nitrogen and oxygen atoms in total. The number of anilines is 1. The van der Waals surface area contributed by atoms with Crippen LogP contribution in [0.4, 0.5) is 32.8 Å². The van der Waals surface area contributed by atoms with Crippen LogP contribution in [0.25, 0.3) is 10.9 Å². The lowest BCUT2D eigenvalue weighted by Gasteiger charge is -2.27. The number of benzene rings is 2. The largest absolute Gasteiger partial charge is 0.573 e. The Balaban J connectivity index is 1.35. The molecular weight excluding hydrogens is 484 g/mol. The third kappa shape index (κ3) is 4.34. The molecule has 1 saturated carbocycles. The van der Waals surface area contributed by atoms with Gasteiger partial charge in [-0.25, -0.2) is 14.0 Å². The van der Waals surface area contributed by atoms with Gasteiger partial charge in [0.25, 0.3) is 0 Å². The second-order valence-corrected chi connectivity index (χ2v) is 8.84. The first-order valence-corrected chi connectivity index (χ1v) is 11.1. The number of aromatic nitrogens is 1. The van der Waals surface area contributed by atoms with Gasteiger partial charge in [-0.1, -0.05) is 30.3 Å². The molecule has 3 atom stereocenters. The number of nitrogens with one attached hydrogen (secondary N) is 1. The molecule has 1 aliphatic carbocycles. The number of amides is 3. The van der Waals surface area contributed by atoms with Crippen LogP contribution in [0, 0.1) is 11.7 Å². The Bertz CT molecular complexity index is 1390.